The predicted molar refractivity (Wildman–Crippen MR) is 121 cm³/mol. The van der Waals surface area contributed by atoms with Crippen LogP contribution in [0.3, 0.4) is 0 Å². The van der Waals surface area contributed by atoms with Gasteiger partial charge in [-0.2, -0.15) is 18.4 Å². The van der Waals surface area contributed by atoms with Crippen molar-refractivity contribution in [3.63, 3.8) is 0 Å². The fourth-order valence-electron chi connectivity index (χ4n) is 4.27. The summed E-state index contributed by atoms with van der Waals surface area (Å²) in [7, 11) is -4.01. The van der Waals surface area contributed by atoms with Crippen LogP contribution in [0.2, 0.25) is 0 Å². The summed E-state index contributed by atoms with van der Waals surface area (Å²) in [6, 6.07) is 14.3. The Hall–Kier alpha value is -3.64. The third-order valence-electron chi connectivity index (χ3n) is 5.81. The minimum Gasteiger partial charge on any atom is -0.383 e. The molecule has 1 aromatic heterocycles. The van der Waals surface area contributed by atoms with E-state index in [1.807, 2.05) is 24.3 Å². The molecule has 1 unspecified atom stereocenters. The topological polar surface area (TPSA) is 96.8 Å². The van der Waals surface area contributed by atoms with Gasteiger partial charge >= 0.3 is 6.18 Å². The Morgan fingerprint density at radius 3 is 2.42 bits per heavy atom. The minimum absolute atomic E-state index is 0.0834. The number of para-hydroxylation sites is 1. The molecule has 2 aromatic carbocycles. The number of aromatic nitrogens is 1. The number of nitrogens with zero attached hydrogens (tertiary/aromatic N) is 2. The zero-order valence-corrected chi connectivity index (χ0v) is 18.2. The van der Waals surface area contributed by atoms with Crippen LogP contribution in [0.25, 0.3) is 16.5 Å². The molecule has 0 saturated heterocycles. The average molecular weight is 469 g/mol. The van der Waals surface area contributed by atoms with E-state index in [-0.39, 0.29) is 22.9 Å². The van der Waals surface area contributed by atoms with Gasteiger partial charge in [0.15, 0.2) is 9.84 Å². The van der Waals surface area contributed by atoms with Crippen molar-refractivity contribution in [1.29, 1.82) is 5.26 Å². The molecular weight excluding hydrogens is 451 g/mol. The van der Waals surface area contributed by atoms with Crippen LogP contribution in [0.1, 0.15) is 28.7 Å². The number of nitriles is 1. The standard InChI is InChI=1S/C24H18F3N3O2S/c1-33(31,32)23(12-6-9-16(13-23)15-7-3-2-4-8-15)20-17-10-5-11-19(24(25,26)27)21(17)30-22(29)18(20)14-28/h2-12H,13H2,1H3,(H2,29,30). The van der Waals surface area contributed by atoms with E-state index < -0.39 is 37.7 Å². The molecule has 168 valence electrons. The van der Waals surface area contributed by atoms with Crippen molar-refractivity contribution in [2.45, 2.75) is 17.3 Å². The van der Waals surface area contributed by atoms with E-state index in [1.54, 1.807) is 24.3 Å². The number of hydrogen-bond donors (Lipinski definition) is 1. The van der Waals surface area contributed by atoms with Gasteiger partial charge in [-0.15, -0.1) is 0 Å². The fourth-order valence-corrected chi connectivity index (χ4v) is 5.60. The lowest BCUT2D eigenvalue weighted by Crippen LogP contribution is -2.36. The highest BCUT2D eigenvalue weighted by atomic mass is 32.2. The minimum atomic E-state index is -4.75. The van der Waals surface area contributed by atoms with Crippen molar-refractivity contribution in [1.82, 2.24) is 4.98 Å². The monoisotopic (exact) mass is 469 g/mol. The number of fused-ring (bicyclic) bond motifs is 1. The van der Waals surface area contributed by atoms with Crippen LogP contribution in [-0.2, 0) is 20.8 Å². The summed E-state index contributed by atoms with van der Waals surface area (Å²) < 4.78 is 66.0. The zero-order chi connectivity index (χ0) is 24.0. The summed E-state index contributed by atoms with van der Waals surface area (Å²) in [5, 5.41) is 9.77. The molecule has 1 atom stereocenters. The molecule has 9 heteroatoms. The van der Waals surface area contributed by atoms with Crippen molar-refractivity contribution in [3.8, 4) is 6.07 Å². The Labute approximate surface area is 188 Å². The fraction of sp³-hybridized carbons (Fsp3) is 0.167. The highest BCUT2D eigenvalue weighted by Gasteiger charge is 2.46. The molecule has 1 aliphatic carbocycles. The van der Waals surface area contributed by atoms with Crippen molar-refractivity contribution in [2.24, 2.45) is 0 Å². The van der Waals surface area contributed by atoms with Gasteiger partial charge in [-0.3, -0.25) is 0 Å². The van der Waals surface area contributed by atoms with Crippen LogP contribution in [0.5, 0.6) is 0 Å². The summed E-state index contributed by atoms with van der Waals surface area (Å²) in [5.41, 5.74) is 5.44. The van der Waals surface area contributed by atoms with Crippen LogP contribution in [0.4, 0.5) is 19.0 Å². The van der Waals surface area contributed by atoms with Gasteiger partial charge in [0.05, 0.1) is 16.6 Å². The second kappa shape index (κ2) is 7.74. The van der Waals surface area contributed by atoms with Crippen molar-refractivity contribution in [3.05, 3.63) is 89.0 Å². The van der Waals surface area contributed by atoms with Crippen LogP contribution in [0.15, 0.2) is 66.8 Å². The lowest BCUT2D eigenvalue weighted by molar-refractivity contribution is -0.136. The highest BCUT2D eigenvalue weighted by molar-refractivity contribution is 7.91. The number of alkyl halides is 3. The summed E-state index contributed by atoms with van der Waals surface area (Å²) in [5.74, 6) is -0.455. The Morgan fingerprint density at radius 1 is 1.12 bits per heavy atom. The van der Waals surface area contributed by atoms with Crippen LogP contribution in [0, 0.1) is 11.3 Å². The number of hydrogen-bond acceptors (Lipinski definition) is 5. The molecule has 1 heterocycles. The quantitative estimate of drug-likeness (QED) is 0.583. The first-order valence-corrected chi connectivity index (χ1v) is 11.7. The number of pyridine rings is 1. The van der Waals surface area contributed by atoms with E-state index in [4.69, 9.17) is 5.73 Å². The molecule has 0 aliphatic heterocycles. The van der Waals surface area contributed by atoms with E-state index in [2.05, 4.69) is 4.98 Å². The molecule has 0 amide bonds. The number of rotatable bonds is 3. The molecule has 0 bridgehead atoms. The Balaban J connectivity index is 2.12. The molecular formula is C24H18F3N3O2S. The highest BCUT2D eigenvalue weighted by Crippen LogP contribution is 2.48. The smallest absolute Gasteiger partial charge is 0.383 e. The maximum atomic E-state index is 13.7. The van der Waals surface area contributed by atoms with E-state index in [1.165, 1.54) is 18.2 Å². The molecule has 2 N–H and O–H groups in total. The van der Waals surface area contributed by atoms with Gasteiger partial charge in [-0.1, -0.05) is 60.7 Å². The first-order chi connectivity index (χ1) is 15.5. The number of allylic oxidation sites excluding steroid dienone is 3. The summed E-state index contributed by atoms with van der Waals surface area (Å²) in [6.45, 7) is 0. The van der Waals surface area contributed by atoms with Gasteiger partial charge in [-0.25, -0.2) is 13.4 Å². The lowest BCUT2D eigenvalue weighted by atomic mass is 9.81. The molecule has 0 radical (unpaired) electrons. The normalized spacial score (nSPS) is 18.7. The Kier molecular flexibility index (Phi) is 5.29. The first-order valence-electron chi connectivity index (χ1n) is 9.83. The van der Waals surface area contributed by atoms with Gasteiger partial charge in [0, 0.05) is 23.6 Å². The van der Waals surface area contributed by atoms with Crippen LogP contribution in [-0.4, -0.2) is 19.7 Å². The Bertz CT molecular complexity index is 1470. The molecule has 3 aromatic rings. The maximum Gasteiger partial charge on any atom is 0.418 e. The van der Waals surface area contributed by atoms with E-state index in [0.29, 0.717) is 5.57 Å². The van der Waals surface area contributed by atoms with E-state index in [9.17, 15) is 26.9 Å². The molecule has 4 rings (SSSR count). The second-order valence-corrected chi connectivity index (χ2v) is 10.1. The predicted octanol–water partition coefficient (Wildman–Crippen LogP) is 4.99. The van der Waals surface area contributed by atoms with Gasteiger partial charge in [-0.05, 0) is 17.2 Å². The Morgan fingerprint density at radius 2 is 1.82 bits per heavy atom. The molecule has 0 spiro atoms. The maximum absolute atomic E-state index is 13.7. The van der Waals surface area contributed by atoms with Gasteiger partial charge < -0.3 is 5.73 Å². The van der Waals surface area contributed by atoms with Gasteiger partial charge in [0.1, 0.15) is 16.6 Å². The number of benzene rings is 2. The number of anilines is 1. The SMILES string of the molecule is CS(=O)(=O)C1(c2c(C#N)c(N)nc3c(C(F)(F)F)cccc23)C=CC=C(c2ccccc2)C1. The largest absolute Gasteiger partial charge is 0.418 e. The van der Waals surface area contributed by atoms with E-state index >= 15 is 0 Å². The first kappa shape index (κ1) is 22.6. The van der Waals surface area contributed by atoms with Gasteiger partial charge in [0.25, 0.3) is 0 Å². The molecule has 1 aliphatic rings. The molecule has 5 nitrogen and oxygen atoms in total. The lowest BCUT2D eigenvalue weighted by Gasteiger charge is -2.34. The number of halogens is 3. The van der Waals surface area contributed by atoms with Crippen LogP contribution < -0.4 is 5.73 Å². The van der Waals surface area contributed by atoms with Crippen molar-refractivity contribution in [2.75, 3.05) is 12.0 Å². The van der Waals surface area contributed by atoms with Crippen LogP contribution >= 0.6 is 0 Å². The number of nitrogens with two attached hydrogens (primary N) is 1. The van der Waals surface area contributed by atoms with Crippen molar-refractivity contribution < 1.29 is 21.6 Å². The zero-order valence-electron chi connectivity index (χ0n) is 17.4. The summed E-state index contributed by atoms with van der Waals surface area (Å²) in [6.07, 6.45) is 0.866. The summed E-state index contributed by atoms with van der Waals surface area (Å²) >= 11 is 0. The van der Waals surface area contributed by atoms with E-state index in [0.717, 1.165) is 17.9 Å². The molecule has 33 heavy (non-hydrogen) atoms. The van der Waals surface area contributed by atoms with Gasteiger partial charge in [0.2, 0.25) is 0 Å². The number of sulfone groups is 1. The number of nitrogen functional groups attached to an aromatic ring is 1. The third-order valence-corrected chi connectivity index (χ3v) is 7.61. The average Bonchev–Trinajstić information content (AvgIpc) is 2.77. The second-order valence-electron chi connectivity index (χ2n) is 7.81. The molecule has 0 fully saturated rings. The molecule has 0 saturated carbocycles. The van der Waals surface area contributed by atoms with Crippen molar-refractivity contribution >= 4 is 32.1 Å². The summed E-state index contributed by atoms with van der Waals surface area (Å²) in [4.78, 5) is 3.86. The third kappa shape index (κ3) is 3.66.